The molecule has 3 rings (SSSR count). The van der Waals surface area contributed by atoms with E-state index in [1.165, 1.54) is 37.7 Å². The molecule has 1 saturated carbocycles. The Bertz CT molecular complexity index is 886. The van der Waals surface area contributed by atoms with Crippen LogP contribution < -0.4 is 10.9 Å². The van der Waals surface area contributed by atoms with E-state index < -0.39 is 0 Å². The van der Waals surface area contributed by atoms with Crippen LogP contribution in [0.2, 0.25) is 0 Å². The summed E-state index contributed by atoms with van der Waals surface area (Å²) in [5.41, 5.74) is 2.89. The first kappa shape index (κ1) is 21.8. The Morgan fingerprint density at radius 1 is 1.17 bits per heavy atom. The molecule has 6 heteroatoms. The van der Waals surface area contributed by atoms with Gasteiger partial charge in [0.25, 0.3) is 5.56 Å². The van der Waals surface area contributed by atoms with E-state index in [1.807, 2.05) is 12.1 Å². The van der Waals surface area contributed by atoms with Crippen molar-refractivity contribution in [3.8, 4) is 0 Å². The lowest BCUT2D eigenvalue weighted by Crippen LogP contribution is -2.47. The average Bonchev–Trinajstić information content (AvgIpc) is 2.71. The first-order valence-corrected chi connectivity index (χ1v) is 11.2. The first-order chi connectivity index (χ1) is 14.0. The van der Waals surface area contributed by atoms with Crippen molar-refractivity contribution in [1.82, 2.24) is 20.1 Å². The Labute approximate surface area is 179 Å². The summed E-state index contributed by atoms with van der Waals surface area (Å²) < 4.78 is 0. The molecule has 1 heterocycles. The predicted octanol–water partition coefficient (Wildman–Crippen LogP) is 3.66. The van der Waals surface area contributed by atoms with Crippen LogP contribution in [0.1, 0.15) is 50.2 Å². The van der Waals surface area contributed by atoms with Crippen molar-refractivity contribution in [3.63, 3.8) is 0 Å². The molecule has 0 spiro atoms. The van der Waals surface area contributed by atoms with Crippen LogP contribution in [0.25, 0.3) is 10.9 Å². The zero-order valence-corrected chi connectivity index (χ0v) is 18.8. The van der Waals surface area contributed by atoms with E-state index in [0.717, 1.165) is 41.1 Å². The highest BCUT2D eigenvalue weighted by molar-refractivity contribution is 7.80. The molecule has 2 N–H and O–H groups in total. The lowest BCUT2D eigenvalue weighted by Gasteiger charge is -2.31. The number of aryl methyl sites for hydroxylation is 1. The number of nitrogens with zero attached hydrogens (tertiary/aromatic N) is 2. The average molecular weight is 415 g/mol. The van der Waals surface area contributed by atoms with Crippen molar-refractivity contribution < 1.29 is 0 Å². The monoisotopic (exact) mass is 414 g/mol. The Balaban J connectivity index is 1.80. The van der Waals surface area contributed by atoms with E-state index in [-0.39, 0.29) is 5.56 Å². The van der Waals surface area contributed by atoms with Gasteiger partial charge in [0.05, 0.1) is 6.54 Å². The largest absolute Gasteiger partial charge is 0.360 e. The van der Waals surface area contributed by atoms with E-state index in [0.29, 0.717) is 12.6 Å². The van der Waals surface area contributed by atoms with Crippen molar-refractivity contribution >= 4 is 28.2 Å². The highest BCUT2D eigenvalue weighted by Crippen LogP contribution is 2.18. The van der Waals surface area contributed by atoms with Gasteiger partial charge in [0.1, 0.15) is 0 Å². The van der Waals surface area contributed by atoms with Crippen LogP contribution >= 0.6 is 12.2 Å². The van der Waals surface area contributed by atoms with Gasteiger partial charge in [-0.2, -0.15) is 0 Å². The molecule has 1 aromatic heterocycles. The van der Waals surface area contributed by atoms with Gasteiger partial charge in [-0.1, -0.05) is 32.3 Å². The predicted molar refractivity (Wildman–Crippen MR) is 126 cm³/mol. The number of hydrogen-bond donors (Lipinski definition) is 2. The molecule has 5 nitrogen and oxygen atoms in total. The van der Waals surface area contributed by atoms with Gasteiger partial charge in [-0.25, -0.2) is 0 Å². The van der Waals surface area contributed by atoms with Crippen LogP contribution in [0.3, 0.4) is 0 Å². The quantitative estimate of drug-likeness (QED) is 0.677. The molecule has 1 aliphatic carbocycles. The van der Waals surface area contributed by atoms with Crippen molar-refractivity contribution in [2.24, 2.45) is 0 Å². The Hall–Kier alpha value is -1.92. The number of benzene rings is 1. The first-order valence-electron chi connectivity index (χ1n) is 10.8. The third-order valence-electron chi connectivity index (χ3n) is 5.79. The second kappa shape index (κ2) is 10.2. The topological polar surface area (TPSA) is 51.4 Å². The number of likely N-dealkylation sites (N-methyl/N-ethyl adjacent to an activating group) is 1. The third-order valence-corrected chi connectivity index (χ3v) is 6.17. The summed E-state index contributed by atoms with van der Waals surface area (Å²) in [5, 5.41) is 5.41. The maximum absolute atomic E-state index is 12.7. The molecule has 1 fully saturated rings. The summed E-state index contributed by atoms with van der Waals surface area (Å²) in [6.07, 6.45) is 7.19. The van der Waals surface area contributed by atoms with Crippen LogP contribution in [-0.2, 0) is 13.0 Å². The van der Waals surface area contributed by atoms with Crippen LogP contribution in [0.4, 0.5) is 0 Å². The molecule has 1 aromatic carbocycles. The van der Waals surface area contributed by atoms with Crippen molar-refractivity contribution in [2.45, 2.75) is 58.0 Å². The van der Waals surface area contributed by atoms with Crippen LogP contribution in [0, 0.1) is 0 Å². The van der Waals surface area contributed by atoms with Gasteiger partial charge >= 0.3 is 0 Å². The van der Waals surface area contributed by atoms with Gasteiger partial charge in [-0.05, 0) is 74.7 Å². The SMILES string of the molecule is CCc1ccc2[nH]c(=O)c(CN(CCN(C)C)C(=S)NC3CCCCC3)cc2c1. The second-order valence-corrected chi connectivity index (χ2v) is 8.79. The lowest BCUT2D eigenvalue weighted by atomic mass is 9.96. The molecule has 0 atom stereocenters. The smallest absolute Gasteiger partial charge is 0.253 e. The van der Waals surface area contributed by atoms with Crippen molar-refractivity contribution in [1.29, 1.82) is 0 Å². The van der Waals surface area contributed by atoms with E-state index in [1.54, 1.807) is 0 Å². The zero-order chi connectivity index (χ0) is 20.8. The maximum atomic E-state index is 12.7. The third kappa shape index (κ3) is 6.03. The van der Waals surface area contributed by atoms with Crippen LogP contribution in [0.5, 0.6) is 0 Å². The number of aromatic amines is 1. The molecule has 0 aliphatic heterocycles. The minimum absolute atomic E-state index is 0.0305. The van der Waals surface area contributed by atoms with E-state index in [9.17, 15) is 4.79 Å². The van der Waals surface area contributed by atoms with Crippen LogP contribution in [0.15, 0.2) is 29.1 Å². The molecule has 0 radical (unpaired) electrons. The number of H-pyrrole nitrogens is 1. The molecule has 1 aliphatic rings. The maximum Gasteiger partial charge on any atom is 0.253 e. The summed E-state index contributed by atoms with van der Waals surface area (Å²) in [6, 6.07) is 8.72. The number of fused-ring (bicyclic) bond motifs is 1. The van der Waals surface area contributed by atoms with E-state index in [4.69, 9.17) is 12.2 Å². The fourth-order valence-corrected chi connectivity index (χ4v) is 4.25. The minimum Gasteiger partial charge on any atom is -0.360 e. The fourth-order valence-electron chi connectivity index (χ4n) is 3.93. The number of pyridine rings is 1. The van der Waals surface area contributed by atoms with Gasteiger partial charge < -0.3 is 20.1 Å². The fraction of sp³-hybridized carbons (Fsp3) is 0.565. The van der Waals surface area contributed by atoms with Crippen molar-refractivity contribution in [3.05, 3.63) is 45.7 Å². The summed E-state index contributed by atoms with van der Waals surface area (Å²) in [4.78, 5) is 20.1. The highest BCUT2D eigenvalue weighted by atomic mass is 32.1. The van der Waals surface area contributed by atoms with E-state index >= 15 is 0 Å². The summed E-state index contributed by atoms with van der Waals surface area (Å²) in [5.74, 6) is 0. The number of hydrogen-bond acceptors (Lipinski definition) is 3. The summed E-state index contributed by atoms with van der Waals surface area (Å²) >= 11 is 5.77. The summed E-state index contributed by atoms with van der Waals surface area (Å²) in [6.45, 7) is 4.34. The van der Waals surface area contributed by atoms with E-state index in [2.05, 4.69) is 53.3 Å². The molecule has 0 saturated heterocycles. The van der Waals surface area contributed by atoms with Gasteiger partial charge in [0.2, 0.25) is 0 Å². The molecule has 158 valence electrons. The molecule has 0 unspecified atom stereocenters. The highest BCUT2D eigenvalue weighted by Gasteiger charge is 2.19. The van der Waals surface area contributed by atoms with Gasteiger partial charge in [0.15, 0.2) is 5.11 Å². The number of thiocarbonyl (C=S) groups is 1. The van der Waals surface area contributed by atoms with Crippen molar-refractivity contribution in [2.75, 3.05) is 27.2 Å². The molecular weight excluding hydrogens is 380 g/mol. The normalized spacial score (nSPS) is 15.0. The number of rotatable bonds is 7. The second-order valence-electron chi connectivity index (χ2n) is 8.41. The molecule has 0 amide bonds. The van der Waals surface area contributed by atoms with Gasteiger partial charge in [0, 0.05) is 30.2 Å². The van der Waals surface area contributed by atoms with Crippen LogP contribution in [-0.4, -0.2) is 53.1 Å². The summed E-state index contributed by atoms with van der Waals surface area (Å²) in [7, 11) is 4.12. The number of aromatic nitrogens is 1. The Morgan fingerprint density at radius 2 is 1.93 bits per heavy atom. The van der Waals surface area contributed by atoms with Gasteiger partial charge in [-0.15, -0.1) is 0 Å². The lowest BCUT2D eigenvalue weighted by molar-refractivity contribution is 0.314. The number of nitrogens with one attached hydrogen (secondary N) is 2. The molecule has 29 heavy (non-hydrogen) atoms. The zero-order valence-electron chi connectivity index (χ0n) is 18.0. The Morgan fingerprint density at radius 3 is 2.62 bits per heavy atom. The Kier molecular flexibility index (Phi) is 7.67. The molecule has 2 aromatic rings. The van der Waals surface area contributed by atoms with Gasteiger partial charge in [-0.3, -0.25) is 4.79 Å². The molecule has 0 bridgehead atoms. The standard InChI is InChI=1S/C23H34N4OS/c1-4-17-10-11-21-18(14-17)15-19(22(28)25-21)16-27(13-12-26(2)3)23(29)24-20-8-6-5-7-9-20/h10-11,14-15,20H,4-9,12-13,16H2,1-3H3,(H,24,29)(H,25,28). The minimum atomic E-state index is -0.0305. The molecular formula is C23H34N4OS.